The summed E-state index contributed by atoms with van der Waals surface area (Å²) in [4.78, 5) is 16.4. The number of aromatic nitrogens is 4. The number of thioether (sulfide) groups is 1. The molecule has 4 aromatic rings. The highest BCUT2D eigenvalue weighted by atomic mass is 32.2. The first-order valence-electron chi connectivity index (χ1n) is 9.97. The van der Waals surface area contributed by atoms with Crippen molar-refractivity contribution in [1.82, 2.24) is 19.2 Å². The third-order valence-electron chi connectivity index (χ3n) is 5.02. The molecule has 0 spiro atoms. The number of alkyl halides is 6. The number of benzene rings is 1. The fraction of sp³-hybridized carbons (Fsp3) is 0.190. The van der Waals surface area contributed by atoms with E-state index in [1.165, 1.54) is 43.5 Å². The first kappa shape index (κ1) is 25.8. The van der Waals surface area contributed by atoms with E-state index in [-0.39, 0.29) is 27.9 Å². The molecule has 3 heterocycles. The molecule has 15 heteroatoms. The summed E-state index contributed by atoms with van der Waals surface area (Å²) in [6, 6.07) is 7.62. The number of hydrogen-bond acceptors (Lipinski definition) is 6. The Kier molecular flexibility index (Phi) is 6.41. The van der Waals surface area contributed by atoms with Crippen molar-refractivity contribution in [3.8, 4) is 16.9 Å². The lowest BCUT2D eigenvalue weighted by Gasteiger charge is -2.11. The molecule has 0 unspecified atom stereocenters. The molecule has 0 atom stereocenters. The molecule has 3 aromatic heterocycles. The van der Waals surface area contributed by atoms with Crippen molar-refractivity contribution in [2.45, 2.75) is 28.4 Å². The van der Waals surface area contributed by atoms with Crippen molar-refractivity contribution in [3.05, 3.63) is 70.9 Å². The monoisotopic (exact) mass is 548 g/mol. The summed E-state index contributed by atoms with van der Waals surface area (Å²) < 4.78 is 104. The van der Waals surface area contributed by atoms with E-state index in [2.05, 4.69) is 10.1 Å². The number of fused-ring (bicyclic) bond motifs is 1. The van der Waals surface area contributed by atoms with Gasteiger partial charge in [-0.2, -0.15) is 31.0 Å². The quantitative estimate of drug-likeness (QED) is 0.259. The summed E-state index contributed by atoms with van der Waals surface area (Å²) in [7, 11) is -4.03. The van der Waals surface area contributed by atoms with Gasteiger partial charge >= 0.3 is 17.4 Å². The van der Waals surface area contributed by atoms with E-state index in [0.29, 0.717) is 22.4 Å². The van der Waals surface area contributed by atoms with Crippen LogP contribution in [-0.2, 0) is 16.0 Å². The smallest absolute Gasteiger partial charge is 0.250 e. The summed E-state index contributed by atoms with van der Waals surface area (Å²) in [6.45, 7) is 1.34. The number of pyridine rings is 2. The second-order valence-corrected chi connectivity index (χ2v) is 10.7. The third kappa shape index (κ3) is 5.11. The Labute approximate surface area is 203 Å². The van der Waals surface area contributed by atoms with Crippen molar-refractivity contribution in [2.75, 3.05) is 5.75 Å². The third-order valence-corrected chi connectivity index (χ3v) is 7.49. The maximum atomic E-state index is 13.1. The zero-order valence-electron chi connectivity index (χ0n) is 18.0. The second kappa shape index (κ2) is 8.96. The van der Waals surface area contributed by atoms with Crippen molar-refractivity contribution >= 4 is 27.2 Å². The van der Waals surface area contributed by atoms with Crippen molar-refractivity contribution in [2.24, 2.45) is 0 Å². The molecule has 0 saturated carbocycles. The van der Waals surface area contributed by atoms with Crippen LogP contribution in [0.25, 0.3) is 22.6 Å². The van der Waals surface area contributed by atoms with Gasteiger partial charge in [0.05, 0.1) is 11.3 Å². The maximum absolute atomic E-state index is 13.1. The topological polar surface area (TPSA) is 86.3 Å². The minimum atomic E-state index is -4.69. The normalized spacial score (nSPS) is 12.9. The van der Waals surface area contributed by atoms with Crippen LogP contribution in [0.2, 0.25) is 0 Å². The molecule has 36 heavy (non-hydrogen) atoms. The Balaban J connectivity index is 1.84. The molecule has 1 aromatic carbocycles. The highest BCUT2D eigenvalue weighted by Crippen LogP contribution is 2.37. The predicted octanol–water partition coefficient (Wildman–Crippen LogP) is 4.97. The average Bonchev–Trinajstić information content (AvgIpc) is 3.13. The molecule has 0 radical (unpaired) electrons. The van der Waals surface area contributed by atoms with Crippen LogP contribution in [0, 0.1) is 0 Å². The van der Waals surface area contributed by atoms with Crippen LogP contribution < -0.4 is 5.69 Å². The molecule has 190 valence electrons. The first-order chi connectivity index (χ1) is 16.7. The molecule has 0 amide bonds. The van der Waals surface area contributed by atoms with E-state index in [4.69, 9.17) is 0 Å². The van der Waals surface area contributed by atoms with Crippen LogP contribution in [0.1, 0.15) is 12.5 Å². The highest BCUT2D eigenvalue weighted by Gasteiger charge is 2.32. The SMILES string of the molecule is CCS(=O)(=O)c1cc(-c2ccc(SC(F)(F)F)cc2)cnc1-n1nc2cc(C(F)(F)F)ccn2c1=O. The van der Waals surface area contributed by atoms with Gasteiger partial charge in [-0.25, -0.2) is 22.6 Å². The number of sulfone groups is 1. The van der Waals surface area contributed by atoms with Gasteiger partial charge in [-0.05, 0) is 47.7 Å². The molecule has 0 fully saturated rings. The summed E-state index contributed by atoms with van der Waals surface area (Å²) in [5.41, 5.74) is -6.27. The lowest BCUT2D eigenvalue weighted by atomic mass is 10.1. The number of hydrogen-bond donors (Lipinski definition) is 0. The molecule has 0 aliphatic rings. The fourth-order valence-corrected chi connectivity index (χ4v) is 4.85. The van der Waals surface area contributed by atoms with Gasteiger partial charge in [0, 0.05) is 22.9 Å². The standard InChI is InChI=1S/C21H14F6N4O3S2/c1-2-36(33,34)16-9-13(12-3-5-15(6-4-12)35-21(25,26)27)11-28-18(16)31-19(32)30-8-7-14(20(22,23)24)10-17(30)29-31/h3-11H,2H2,1H3. The van der Waals surface area contributed by atoms with E-state index in [1.807, 2.05) is 0 Å². The molecular formula is C21H14F6N4O3S2. The number of nitrogens with zero attached hydrogens (tertiary/aromatic N) is 4. The Morgan fingerprint density at radius 1 is 0.972 bits per heavy atom. The zero-order chi connectivity index (χ0) is 26.5. The molecule has 0 aliphatic carbocycles. The van der Waals surface area contributed by atoms with Gasteiger partial charge in [-0.3, -0.25) is 0 Å². The van der Waals surface area contributed by atoms with E-state index in [1.54, 1.807) is 0 Å². The second-order valence-electron chi connectivity index (χ2n) is 7.36. The van der Waals surface area contributed by atoms with Gasteiger partial charge in [0.1, 0.15) is 4.90 Å². The van der Waals surface area contributed by atoms with Crippen LogP contribution >= 0.6 is 11.8 Å². The molecule has 0 N–H and O–H groups in total. The minimum absolute atomic E-state index is 0.0771. The maximum Gasteiger partial charge on any atom is 0.446 e. The molecular weight excluding hydrogens is 534 g/mol. The predicted molar refractivity (Wildman–Crippen MR) is 119 cm³/mol. The van der Waals surface area contributed by atoms with Crippen molar-refractivity contribution < 1.29 is 34.8 Å². The highest BCUT2D eigenvalue weighted by molar-refractivity contribution is 8.00. The van der Waals surface area contributed by atoms with E-state index in [9.17, 15) is 39.6 Å². The van der Waals surface area contributed by atoms with Crippen LogP contribution in [0.3, 0.4) is 0 Å². The molecule has 0 aliphatic heterocycles. The van der Waals surface area contributed by atoms with Crippen LogP contribution in [-0.4, -0.2) is 38.8 Å². The van der Waals surface area contributed by atoms with Crippen molar-refractivity contribution in [3.63, 3.8) is 0 Å². The minimum Gasteiger partial charge on any atom is -0.250 e. The lowest BCUT2D eigenvalue weighted by Crippen LogP contribution is -2.23. The van der Waals surface area contributed by atoms with E-state index in [0.717, 1.165) is 10.6 Å². The summed E-state index contributed by atoms with van der Waals surface area (Å²) >= 11 is -0.309. The van der Waals surface area contributed by atoms with Crippen LogP contribution in [0.15, 0.2) is 69.4 Å². The van der Waals surface area contributed by atoms with Gasteiger partial charge < -0.3 is 0 Å². The molecule has 4 rings (SSSR count). The summed E-state index contributed by atoms with van der Waals surface area (Å²) in [5.74, 6) is -0.820. The Morgan fingerprint density at radius 2 is 1.64 bits per heavy atom. The summed E-state index contributed by atoms with van der Waals surface area (Å²) in [5, 5.41) is 3.84. The summed E-state index contributed by atoms with van der Waals surface area (Å²) in [6.07, 6.45) is -2.63. The lowest BCUT2D eigenvalue weighted by molar-refractivity contribution is -0.137. The van der Waals surface area contributed by atoms with E-state index < -0.39 is 49.2 Å². The fourth-order valence-electron chi connectivity index (χ4n) is 3.28. The van der Waals surface area contributed by atoms with Crippen LogP contribution in [0.4, 0.5) is 26.3 Å². The largest absolute Gasteiger partial charge is 0.446 e. The van der Waals surface area contributed by atoms with Gasteiger partial charge in [0.15, 0.2) is 21.3 Å². The molecule has 0 bridgehead atoms. The number of halogens is 6. The average molecular weight is 548 g/mol. The van der Waals surface area contributed by atoms with Gasteiger partial charge in [0.25, 0.3) is 0 Å². The Bertz CT molecular complexity index is 1610. The molecule has 0 saturated heterocycles. The first-order valence-corrected chi connectivity index (χ1v) is 12.4. The van der Waals surface area contributed by atoms with Gasteiger partial charge in [-0.1, -0.05) is 19.1 Å². The van der Waals surface area contributed by atoms with Gasteiger partial charge in [-0.15, -0.1) is 5.10 Å². The Morgan fingerprint density at radius 3 is 2.22 bits per heavy atom. The molecule has 7 nitrogen and oxygen atoms in total. The van der Waals surface area contributed by atoms with Crippen molar-refractivity contribution in [1.29, 1.82) is 0 Å². The van der Waals surface area contributed by atoms with E-state index >= 15 is 0 Å². The van der Waals surface area contributed by atoms with Crippen LogP contribution in [0.5, 0.6) is 0 Å². The van der Waals surface area contributed by atoms with Gasteiger partial charge in [0.2, 0.25) is 0 Å². The Hall–Kier alpha value is -3.33. The number of rotatable bonds is 5. The zero-order valence-corrected chi connectivity index (χ0v) is 19.6.